The van der Waals surface area contributed by atoms with Crippen molar-refractivity contribution in [2.24, 2.45) is 4.99 Å². The van der Waals surface area contributed by atoms with Gasteiger partial charge in [0.25, 0.3) is 0 Å². The first kappa shape index (κ1) is 26.1. The van der Waals surface area contributed by atoms with E-state index in [0.29, 0.717) is 18.1 Å². The maximum Gasteiger partial charge on any atom is 0.123 e. The van der Waals surface area contributed by atoms with E-state index in [4.69, 9.17) is 9.73 Å². The van der Waals surface area contributed by atoms with E-state index in [1.165, 1.54) is 108 Å². The number of methoxy groups -OCH3 is 1. The van der Waals surface area contributed by atoms with Gasteiger partial charge in [0.05, 0.1) is 13.2 Å². The molecule has 2 N–H and O–H groups in total. The molecule has 3 saturated carbocycles. The zero-order chi connectivity index (χ0) is 22.0. The van der Waals surface area contributed by atoms with Crippen LogP contribution in [0.3, 0.4) is 0 Å². The zero-order valence-electron chi connectivity index (χ0n) is 20.5. The summed E-state index contributed by atoms with van der Waals surface area (Å²) < 4.78 is 5.41. The molecule has 33 heavy (non-hydrogen) atoms. The highest BCUT2D eigenvalue weighted by molar-refractivity contribution is 8.93. The van der Waals surface area contributed by atoms with Crippen LogP contribution in [0.5, 0.6) is 5.75 Å². The number of rotatable bonds is 7. The molecule has 0 bridgehead atoms. The van der Waals surface area contributed by atoms with Gasteiger partial charge in [-0.2, -0.15) is 0 Å². The molecule has 1 aromatic carbocycles. The lowest BCUT2D eigenvalue weighted by Gasteiger charge is -2.28. The third-order valence-corrected chi connectivity index (χ3v) is 7.50. The predicted octanol–water partition coefficient (Wildman–Crippen LogP) is 7.19. The fourth-order valence-electron chi connectivity index (χ4n) is 5.56. The normalized spacial score (nSPS) is 21.8. The molecule has 3 fully saturated rings. The number of halogens is 1. The van der Waals surface area contributed by atoms with Crippen LogP contribution in [-0.4, -0.2) is 31.1 Å². The molecule has 0 heterocycles. The molecule has 0 spiro atoms. The van der Waals surface area contributed by atoms with E-state index >= 15 is 0 Å². The van der Waals surface area contributed by atoms with Crippen molar-refractivity contribution in [1.82, 2.24) is 10.6 Å². The van der Waals surface area contributed by atoms with Crippen LogP contribution in [0.25, 0.3) is 5.70 Å². The topological polar surface area (TPSA) is 45.6 Å². The number of hydrogen-bond acceptors (Lipinski definition) is 3. The van der Waals surface area contributed by atoms with Crippen LogP contribution in [0.2, 0.25) is 0 Å². The van der Waals surface area contributed by atoms with Crippen LogP contribution in [0.1, 0.15) is 102 Å². The molecule has 0 unspecified atom stereocenters. The maximum atomic E-state index is 5.41. The molecule has 0 radical (unpaired) electrons. The number of amidine groups is 1. The first-order chi connectivity index (χ1) is 15.8. The van der Waals surface area contributed by atoms with Crippen LogP contribution >= 0.6 is 17.0 Å². The van der Waals surface area contributed by atoms with Crippen molar-refractivity contribution in [3.05, 3.63) is 35.9 Å². The van der Waals surface area contributed by atoms with Crippen LogP contribution in [0.4, 0.5) is 0 Å². The molecule has 0 atom stereocenters. The van der Waals surface area contributed by atoms with Crippen molar-refractivity contribution in [3.8, 4) is 5.75 Å². The summed E-state index contributed by atoms with van der Waals surface area (Å²) in [6.07, 6.45) is 21.9. The number of hydrogen-bond donors (Lipinski definition) is 2. The van der Waals surface area contributed by atoms with Crippen molar-refractivity contribution >= 4 is 28.5 Å². The third-order valence-electron chi connectivity index (χ3n) is 7.50. The Morgan fingerprint density at radius 2 is 1.27 bits per heavy atom. The Kier molecular flexibility index (Phi) is 11.1. The number of nitrogens with zero attached hydrogens (tertiary/aromatic N) is 1. The molecule has 1 aromatic rings. The van der Waals surface area contributed by atoms with Gasteiger partial charge in [-0.05, 0) is 68.4 Å². The van der Waals surface area contributed by atoms with Gasteiger partial charge < -0.3 is 15.4 Å². The number of ether oxygens (including phenoxy) is 1. The van der Waals surface area contributed by atoms with Gasteiger partial charge in [0.1, 0.15) is 11.6 Å². The summed E-state index contributed by atoms with van der Waals surface area (Å²) in [6.45, 7) is 0. The molecule has 3 aliphatic carbocycles. The lowest BCUT2D eigenvalue weighted by molar-refractivity contribution is 0.407. The maximum absolute atomic E-state index is 5.41. The van der Waals surface area contributed by atoms with E-state index in [1.54, 1.807) is 7.11 Å². The Morgan fingerprint density at radius 3 is 1.82 bits per heavy atom. The highest BCUT2D eigenvalue weighted by Crippen LogP contribution is 2.25. The minimum atomic E-state index is 0. The monoisotopic (exact) mass is 517 g/mol. The fourth-order valence-corrected chi connectivity index (χ4v) is 5.56. The van der Waals surface area contributed by atoms with Crippen molar-refractivity contribution in [2.45, 2.75) is 114 Å². The second-order valence-corrected chi connectivity index (χ2v) is 10.1. The summed E-state index contributed by atoms with van der Waals surface area (Å²) in [5.41, 5.74) is 2.43. The average molecular weight is 519 g/mol. The first-order valence-corrected chi connectivity index (χ1v) is 13.3. The van der Waals surface area contributed by atoms with E-state index < -0.39 is 0 Å². The molecule has 0 aliphatic heterocycles. The lowest BCUT2D eigenvalue weighted by atomic mass is 9.94. The molecule has 5 heteroatoms. The second kappa shape index (κ2) is 14.0. The Morgan fingerprint density at radius 1 is 0.758 bits per heavy atom. The summed E-state index contributed by atoms with van der Waals surface area (Å²) in [5.74, 6) is 2.00. The number of benzene rings is 1. The standard InChI is InChI=1S/C28H43N3O.BrH/c1-32-26-19-17-22(18-20-26)27(29-23-11-5-2-6-12-23)21-28(30-24-13-7-3-8-14-24)31-25-15-9-4-10-16-25;/h17-21,23-25,29H,2-16H2,1H3,(H,30,31);1H/b27-21-;. The minimum absolute atomic E-state index is 0. The van der Waals surface area contributed by atoms with E-state index in [2.05, 4.69) is 41.0 Å². The molecule has 0 aromatic heterocycles. The molecular weight excluding hydrogens is 474 g/mol. The van der Waals surface area contributed by atoms with Crippen molar-refractivity contribution in [2.75, 3.05) is 7.11 Å². The van der Waals surface area contributed by atoms with Crippen LogP contribution < -0.4 is 15.4 Å². The second-order valence-electron chi connectivity index (χ2n) is 10.1. The first-order valence-electron chi connectivity index (χ1n) is 13.3. The van der Waals surface area contributed by atoms with Gasteiger partial charge >= 0.3 is 0 Å². The van der Waals surface area contributed by atoms with Crippen LogP contribution in [0, 0.1) is 0 Å². The largest absolute Gasteiger partial charge is 0.497 e. The van der Waals surface area contributed by atoms with Crippen LogP contribution in [0.15, 0.2) is 35.3 Å². The molecule has 3 aliphatic rings. The van der Waals surface area contributed by atoms with Gasteiger partial charge in [-0.3, -0.25) is 4.99 Å². The predicted molar refractivity (Wildman–Crippen MR) is 146 cm³/mol. The molecule has 0 amide bonds. The number of nitrogens with one attached hydrogen (secondary N) is 2. The van der Waals surface area contributed by atoms with Gasteiger partial charge in [0.15, 0.2) is 0 Å². The van der Waals surface area contributed by atoms with E-state index in [-0.39, 0.29) is 17.0 Å². The van der Waals surface area contributed by atoms with Crippen molar-refractivity contribution in [3.63, 3.8) is 0 Å². The molecule has 184 valence electrons. The quantitative estimate of drug-likeness (QED) is 0.297. The summed E-state index contributed by atoms with van der Waals surface area (Å²) in [4.78, 5) is 5.29. The zero-order valence-corrected chi connectivity index (χ0v) is 22.2. The molecule has 4 nitrogen and oxygen atoms in total. The Bertz CT molecular complexity index is 743. The SMILES string of the molecule is Br.COc1ccc(/C(=C/C(=NC2CCCCC2)NC2CCCCC2)NC2CCCCC2)cc1. The molecule has 0 saturated heterocycles. The lowest BCUT2D eigenvalue weighted by Crippen LogP contribution is -2.37. The molecular formula is C28H44BrN3O. The summed E-state index contributed by atoms with van der Waals surface area (Å²) in [5, 5.41) is 7.79. The Balaban J connectivity index is 0.00000306. The molecule has 4 rings (SSSR count). The van der Waals surface area contributed by atoms with Gasteiger partial charge in [0.2, 0.25) is 0 Å². The number of aliphatic imine (C=N–C) groups is 1. The van der Waals surface area contributed by atoms with Crippen LogP contribution in [-0.2, 0) is 0 Å². The highest BCUT2D eigenvalue weighted by Gasteiger charge is 2.19. The average Bonchev–Trinajstić information content (AvgIpc) is 2.85. The third kappa shape index (κ3) is 8.35. The fraction of sp³-hybridized carbons (Fsp3) is 0.679. The van der Waals surface area contributed by atoms with Gasteiger partial charge in [-0.25, -0.2) is 0 Å². The van der Waals surface area contributed by atoms with E-state index in [0.717, 1.165) is 11.6 Å². The summed E-state index contributed by atoms with van der Waals surface area (Å²) >= 11 is 0. The van der Waals surface area contributed by atoms with E-state index in [9.17, 15) is 0 Å². The van der Waals surface area contributed by atoms with Gasteiger partial charge in [-0.15, -0.1) is 17.0 Å². The summed E-state index contributed by atoms with van der Waals surface area (Å²) in [7, 11) is 1.73. The van der Waals surface area contributed by atoms with Gasteiger partial charge in [0, 0.05) is 23.9 Å². The smallest absolute Gasteiger partial charge is 0.123 e. The van der Waals surface area contributed by atoms with Gasteiger partial charge in [-0.1, -0.05) is 57.8 Å². The summed E-state index contributed by atoms with van der Waals surface area (Å²) in [6, 6.07) is 10.1. The van der Waals surface area contributed by atoms with Crippen molar-refractivity contribution in [1.29, 1.82) is 0 Å². The highest BCUT2D eigenvalue weighted by atomic mass is 79.9. The Hall–Kier alpha value is -1.49. The van der Waals surface area contributed by atoms with E-state index in [1.807, 2.05) is 0 Å². The Labute approximate surface area is 211 Å². The minimum Gasteiger partial charge on any atom is -0.497 e. The van der Waals surface area contributed by atoms with Crippen molar-refractivity contribution < 1.29 is 4.74 Å².